The second-order valence-electron chi connectivity index (χ2n) is 5.13. The van der Waals surface area contributed by atoms with Crippen molar-refractivity contribution in [3.63, 3.8) is 0 Å². The van der Waals surface area contributed by atoms with Crippen LogP contribution in [0.25, 0.3) is 0 Å². The summed E-state index contributed by atoms with van der Waals surface area (Å²) in [6.07, 6.45) is 0.126. The summed E-state index contributed by atoms with van der Waals surface area (Å²) in [6.45, 7) is -2.59. The van der Waals surface area contributed by atoms with Crippen molar-refractivity contribution in [2.45, 2.75) is 19.6 Å². The predicted octanol–water partition coefficient (Wildman–Crippen LogP) is 3.16. The number of hydrogen-bond acceptors (Lipinski definition) is 4. The Morgan fingerprint density at radius 2 is 1.80 bits per heavy atom. The Labute approximate surface area is 144 Å². The SMILES string of the molecule is COc1cccc(CNC(=O)Cc2ccc(OC(F)F)cc2)c1OC. The van der Waals surface area contributed by atoms with Gasteiger partial charge in [-0.2, -0.15) is 8.78 Å². The summed E-state index contributed by atoms with van der Waals surface area (Å²) in [6, 6.07) is 11.4. The molecule has 1 amide bonds. The lowest BCUT2D eigenvalue weighted by Crippen LogP contribution is -2.24. The lowest BCUT2D eigenvalue weighted by Gasteiger charge is -2.13. The zero-order chi connectivity index (χ0) is 18.2. The van der Waals surface area contributed by atoms with Gasteiger partial charge in [-0.05, 0) is 23.8 Å². The van der Waals surface area contributed by atoms with Gasteiger partial charge in [0.15, 0.2) is 11.5 Å². The number of para-hydroxylation sites is 1. The summed E-state index contributed by atoms with van der Waals surface area (Å²) in [5.41, 5.74) is 1.48. The fraction of sp³-hybridized carbons (Fsp3) is 0.278. The van der Waals surface area contributed by atoms with E-state index in [-0.39, 0.29) is 24.6 Å². The van der Waals surface area contributed by atoms with Crippen molar-refractivity contribution in [1.29, 1.82) is 0 Å². The molecule has 0 heterocycles. The van der Waals surface area contributed by atoms with Crippen molar-refractivity contribution in [2.24, 2.45) is 0 Å². The van der Waals surface area contributed by atoms with E-state index in [1.54, 1.807) is 25.3 Å². The molecule has 5 nitrogen and oxygen atoms in total. The molecule has 0 aromatic heterocycles. The van der Waals surface area contributed by atoms with Crippen LogP contribution in [0.3, 0.4) is 0 Å². The lowest BCUT2D eigenvalue weighted by molar-refractivity contribution is -0.120. The fourth-order valence-electron chi connectivity index (χ4n) is 2.32. The van der Waals surface area contributed by atoms with Crippen LogP contribution in [0.2, 0.25) is 0 Å². The van der Waals surface area contributed by atoms with Crippen molar-refractivity contribution in [2.75, 3.05) is 14.2 Å². The normalized spacial score (nSPS) is 10.4. The molecule has 2 rings (SSSR count). The molecule has 7 heteroatoms. The van der Waals surface area contributed by atoms with Gasteiger partial charge in [-0.1, -0.05) is 24.3 Å². The minimum atomic E-state index is -2.87. The Morgan fingerprint density at radius 1 is 1.08 bits per heavy atom. The van der Waals surface area contributed by atoms with Crippen molar-refractivity contribution < 1.29 is 27.8 Å². The van der Waals surface area contributed by atoms with Crippen LogP contribution >= 0.6 is 0 Å². The largest absolute Gasteiger partial charge is 0.493 e. The number of halogens is 2. The first-order chi connectivity index (χ1) is 12.0. The van der Waals surface area contributed by atoms with Crippen LogP contribution in [0, 0.1) is 0 Å². The van der Waals surface area contributed by atoms with E-state index in [0.717, 1.165) is 5.56 Å². The highest BCUT2D eigenvalue weighted by Crippen LogP contribution is 2.30. The third kappa shape index (κ3) is 5.34. The molecule has 0 aliphatic rings. The third-order valence-corrected chi connectivity index (χ3v) is 3.47. The molecule has 0 saturated carbocycles. The quantitative estimate of drug-likeness (QED) is 0.794. The molecule has 0 bridgehead atoms. The highest BCUT2D eigenvalue weighted by atomic mass is 19.3. The van der Waals surface area contributed by atoms with Crippen LogP contribution in [0.1, 0.15) is 11.1 Å². The summed E-state index contributed by atoms with van der Waals surface area (Å²) >= 11 is 0. The Bertz CT molecular complexity index is 705. The van der Waals surface area contributed by atoms with Crippen LogP contribution in [-0.4, -0.2) is 26.7 Å². The van der Waals surface area contributed by atoms with E-state index in [4.69, 9.17) is 9.47 Å². The van der Waals surface area contributed by atoms with E-state index in [9.17, 15) is 13.6 Å². The van der Waals surface area contributed by atoms with Gasteiger partial charge in [0.2, 0.25) is 5.91 Å². The van der Waals surface area contributed by atoms with Gasteiger partial charge in [-0.25, -0.2) is 0 Å². The van der Waals surface area contributed by atoms with Crippen molar-refractivity contribution in [1.82, 2.24) is 5.32 Å². The summed E-state index contributed by atoms with van der Waals surface area (Å²) in [5, 5.41) is 2.79. The third-order valence-electron chi connectivity index (χ3n) is 3.47. The first-order valence-electron chi connectivity index (χ1n) is 7.53. The number of amides is 1. The molecule has 0 atom stereocenters. The summed E-state index contributed by atoms with van der Waals surface area (Å²) in [4.78, 5) is 12.1. The van der Waals surface area contributed by atoms with Crippen LogP contribution < -0.4 is 19.5 Å². The number of hydrogen-bond donors (Lipinski definition) is 1. The maximum absolute atomic E-state index is 12.1. The number of benzene rings is 2. The Morgan fingerprint density at radius 3 is 2.40 bits per heavy atom. The van der Waals surface area contributed by atoms with Gasteiger partial charge in [0.25, 0.3) is 0 Å². The van der Waals surface area contributed by atoms with E-state index < -0.39 is 6.61 Å². The maximum atomic E-state index is 12.1. The van der Waals surface area contributed by atoms with Crippen LogP contribution in [0.5, 0.6) is 17.2 Å². The number of nitrogens with one attached hydrogen (secondary N) is 1. The molecule has 0 radical (unpaired) electrons. The van der Waals surface area contributed by atoms with E-state index >= 15 is 0 Å². The molecule has 2 aromatic rings. The highest BCUT2D eigenvalue weighted by Gasteiger charge is 2.11. The predicted molar refractivity (Wildman–Crippen MR) is 88.2 cm³/mol. The lowest BCUT2D eigenvalue weighted by atomic mass is 10.1. The number of carbonyl (C=O) groups is 1. The average molecular weight is 351 g/mol. The van der Waals surface area contributed by atoms with Gasteiger partial charge in [0, 0.05) is 12.1 Å². The maximum Gasteiger partial charge on any atom is 0.387 e. The Hall–Kier alpha value is -2.83. The summed E-state index contributed by atoms with van der Waals surface area (Å²) in [5.74, 6) is 1.01. The van der Waals surface area contributed by atoms with Crippen molar-refractivity contribution >= 4 is 5.91 Å². The molecule has 0 aliphatic heterocycles. The van der Waals surface area contributed by atoms with E-state index in [2.05, 4.69) is 10.1 Å². The molecule has 0 saturated heterocycles. The fourth-order valence-corrected chi connectivity index (χ4v) is 2.32. The second kappa shape index (κ2) is 8.86. The minimum Gasteiger partial charge on any atom is -0.493 e. The van der Waals surface area contributed by atoms with Gasteiger partial charge in [0.1, 0.15) is 5.75 Å². The smallest absolute Gasteiger partial charge is 0.387 e. The van der Waals surface area contributed by atoms with E-state index in [1.807, 2.05) is 12.1 Å². The van der Waals surface area contributed by atoms with E-state index in [0.29, 0.717) is 17.1 Å². The molecule has 25 heavy (non-hydrogen) atoms. The molecule has 0 aliphatic carbocycles. The van der Waals surface area contributed by atoms with Crippen molar-refractivity contribution in [3.05, 3.63) is 53.6 Å². The van der Waals surface area contributed by atoms with Crippen LogP contribution in [0.15, 0.2) is 42.5 Å². The summed E-state index contributed by atoms with van der Waals surface area (Å²) < 4.78 is 39.0. The van der Waals surface area contributed by atoms with Gasteiger partial charge in [-0.15, -0.1) is 0 Å². The van der Waals surface area contributed by atoms with Crippen molar-refractivity contribution in [3.8, 4) is 17.2 Å². The number of carbonyl (C=O) groups excluding carboxylic acids is 1. The zero-order valence-corrected chi connectivity index (χ0v) is 13.9. The highest BCUT2D eigenvalue weighted by molar-refractivity contribution is 5.78. The van der Waals surface area contributed by atoms with Crippen LogP contribution in [0.4, 0.5) is 8.78 Å². The molecular weight excluding hydrogens is 332 g/mol. The number of methoxy groups -OCH3 is 2. The second-order valence-corrected chi connectivity index (χ2v) is 5.13. The molecule has 0 spiro atoms. The number of alkyl halides is 2. The molecule has 0 unspecified atom stereocenters. The molecular formula is C18H19F2NO4. The Balaban J connectivity index is 1.93. The first-order valence-corrected chi connectivity index (χ1v) is 7.53. The molecule has 0 fully saturated rings. The minimum absolute atomic E-state index is 0.0558. The summed E-state index contributed by atoms with van der Waals surface area (Å²) in [7, 11) is 3.08. The average Bonchev–Trinajstić information content (AvgIpc) is 2.60. The van der Waals surface area contributed by atoms with Gasteiger partial charge < -0.3 is 19.5 Å². The zero-order valence-electron chi connectivity index (χ0n) is 13.9. The van der Waals surface area contributed by atoms with Gasteiger partial charge >= 0.3 is 6.61 Å². The van der Waals surface area contributed by atoms with E-state index in [1.165, 1.54) is 19.2 Å². The van der Waals surface area contributed by atoms with Gasteiger partial charge in [0.05, 0.1) is 20.6 Å². The monoisotopic (exact) mass is 351 g/mol. The molecule has 134 valence electrons. The molecule has 1 N–H and O–H groups in total. The molecule has 2 aromatic carbocycles. The first kappa shape index (κ1) is 18.5. The standard InChI is InChI=1S/C18H19F2NO4/c1-23-15-5-3-4-13(17(15)24-2)11-21-16(22)10-12-6-8-14(9-7-12)25-18(19)20/h3-9,18H,10-11H2,1-2H3,(H,21,22). The Kier molecular flexibility index (Phi) is 6.56. The number of rotatable bonds is 8. The number of ether oxygens (including phenoxy) is 3. The van der Waals surface area contributed by atoms with Gasteiger partial charge in [-0.3, -0.25) is 4.79 Å². The topological polar surface area (TPSA) is 56.8 Å². The van der Waals surface area contributed by atoms with Crippen LogP contribution in [-0.2, 0) is 17.8 Å².